The number of H-pyrrole nitrogens is 2. The highest BCUT2D eigenvalue weighted by molar-refractivity contribution is 9.10. The molecule has 9 aromatic rings. The number of ether oxygens (including phenoxy) is 4. The molecule has 7 heterocycles. The van der Waals surface area contributed by atoms with Gasteiger partial charge in [-0.3, -0.25) is 24.9 Å². The van der Waals surface area contributed by atoms with Crippen molar-refractivity contribution in [3.05, 3.63) is 204 Å². The van der Waals surface area contributed by atoms with Gasteiger partial charge >= 0.3 is 31.3 Å². The third kappa shape index (κ3) is 19.3. The second-order valence-electron chi connectivity index (χ2n) is 27.3. The fourth-order valence-electron chi connectivity index (χ4n) is 12.6. The van der Waals surface area contributed by atoms with E-state index in [4.69, 9.17) is 28.3 Å². The third-order valence-electron chi connectivity index (χ3n) is 18.7. The number of amides is 6. The van der Waals surface area contributed by atoms with Gasteiger partial charge in [-0.15, -0.1) is 0 Å². The van der Waals surface area contributed by atoms with E-state index in [9.17, 15) is 19.2 Å². The number of rotatable bonds is 21. The van der Waals surface area contributed by atoms with Gasteiger partial charge in [0.05, 0.1) is 63.1 Å². The largest absolute Gasteiger partial charge is 0.498 e. The molecular formula is C78H99BBrN15O10. The maximum Gasteiger partial charge on any atom is 0.498 e. The van der Waals surface area contributed by atoms with Crippen LogP contribution in [0.25, 0.3) is 22.3 Å². The summed E-state index contributed by atoms with van der Waals surface area (Å²) in [4.78, 5) is 62.7. The summed E-state index contributed by atoms with van der Waals surface area (Å²) in [7, 11) is 10.1. The SMILES string of the molecule is C.CC(C)(C)OC(=O)n1cc(B2OC(C)(C)C(C)(C)O2)cn1.CNCC(c1cccc(OC)c1)N1CCN(c2ccc(-c3cn[nH]c3)cc2)C1=O.CNCC(c1cccc(OC)c1)N1CCN(c2ccc(-c3cn[nH]c3)cc2)C1=O.CNCC(c1cccc(OC)c1)N1CCN(c2ccc(Br)cc2)C1=O. The summed E-state index contributed by atoms with van der Waals surface area (Å²) in [6, 6.07) is 47.5. The zero-order chi connectivity index (χ0) is 74.3. The maximum atomic E-state index is 13.2. The van der Waals surface area contributed by atoms with E-state index in [0.29, 0.717) is 64.4 Å². The number of nitrogens with one attached hydrogen (secondary N) is 5. The molecule has 3 atom stereocenters. The Hall–Kier alpha value is -10.0. The molecule has 6 amide bonds. The summed E-state index contributed by atoms with van der Waals surface area (Å²) in [6.45, 7) is 19.4. The molecule has 556 valence electrons. The number of nitrogens with zero attached hydrogens (tertiary/aromatic N) is 10. The lowest BCUT2D eigenvalue weighted by Crippen LogP contribution is -2.41. The van der Waals surface area contributed by atoms with Crippen molar-refractivity contribution in [1.82, 2.24) is 60.8 Å². The van der Waals surface area contributed by atoms with E-state index in [1.807, 2.05) is 257 Å². The Bertz CT molecular complexity index is 4100. The van der Waals surface area contributed by atoms with Crippen molar-refractivity contribution < 1.29 is 47.4 Å². The van der Waals surface area contributed by atoms with Crippen LogP contribution in [0.2, 0.25) is 0 Å². The minimum Gasteiger partial charge on any atom is -0.497 e. The number of carbonyl (C=O) groups is 4. The zero-order valence-corrected chi connectivity index (χ0v) is 63.0. The molecule has 25 nitrogen and oxygen atoms in total. The monoisotopic (exact) mass is 1500 g/mol. The fraction of sp³-hybridized carbons (Fsp3) is 0.372. The van der Waals surface area contributed by atoms with Crippen molar-refractivity contribution in [3.63, 3.8) is 0 Å². The van der Waals surface area contributed by atoms with E-state index in [0.717, 1.165) is 82.4 Å². The summed E-state index contributed by atoms with van der Waals surface area (Å²) in [5.41, 5.74) is 9.38. The number of hydrogen-bond acceptors (Lipinski definition) is 16. The number of halogens is 1. The molecule has 4 aliphatic heterocycles. The molecule has 0 radical (unpaired) electrons. The number of methoxy groups -OCH3 is 3. The molecular weight excluding hydrogens is 1400 g/mol. The summed E-state index contributed by atoms with van der Waals surface area (Å²) in [5.74, 6) is 2.39. The number of aromatic nitrogens is 6. The second kappa shape index (κ2) is 35.6. The molecule has 6 aromatic carbocycles. The van der Waals surface area contributed by atoms with Crippen LogP contribution in [0.5, 0.6) is 17.2 Å². The highest BCUT2D eigenvalue weighted by atomic mass is 79.9. The molecule has 0 saturated carbocycles. The van der Waals surface area contributed by atoms with Gasteiger partial charge in [0.2, 0.25) is 0 Å². The van der Waals surface area contributed by atoms with Gasteiger partial charge in [-0.2, -0.15) is 20.0 Å². The molecule has 13 rings (SSSR count). The van der Waals surface area contributed by atoms with E-state index in [2.05, 4.69) is 57.4 Å². The van der Waals surface area contributed by atoms with Crippen LogP contribution >= 0.6 is 15.9 Å². The van der Waals surface area contributed by atoms with Crippen LogP contribution in [-0.2, 0) is 14.0 Å². The number of hydrogen-bond donors (Lipinski definition) is 5. The second-order valence-corrected chi connectivity index (χ2v) is 28.2. The molecule has 5 N–H and O–H groups in total. The maximum absolute atomic E-state index is 13.2. The molecule has 0 spiro atoms. The lowest BCUT2D eigenvalue weighted by atomic mass is 9.82. The van der Waals surface area contributed by atoms with Gasteiger partial charge in [-0.25, -0.2) is 19.2 Å². The smallest absolute Gasteiger partial charge is 0.497 e. The van der Waals surface area contributed by atoms with Crippen molar-refractivity contribution in [3.8, 4) is 39.5 Å². The van der Waals surface area contributed by atoms with Crippen LogP contribution in [0.15, 0.2) is 187 Å². The van der Waals surface area contributed by atoms with Gasteiger partial charge in [0.25, 0.3) is 0 Å². The van der Waals surface area contributed by atoms with Gasteiger partial charge in [0.15, 0.2) is 0 Å². The van der Waals surface area contributed by atoms with E-state index in [1.165, 1.54) is 0 Å². The van der Waals surface area contributed by atoms with Gasteiger partial charge in [-0.1, -0.05) is 84.0 Å². The van der Waals surface area contributed by atoms with Crippen molar-refractivity contribution in [2.75, 3.05) is 116 Å². The Morgan fingerprint density at radius 2 is 0.886 bits per heavy atom. The lowest BCUT2D eigenvalue weighted by molar-refractivity contribution is 0.00578. The van der Waals surface area contributed by atoms with Crippen LogP contribution in [0.4, 0.5) is 36.2 Å². The van der Waals surface area contributed by atoms with Gasteiger partial charge in [0, 0.05) is 122 Å². The first-order chi connectivity index (χ1) is 50.0. The van der Waals surface area contributed by atoms with E-state index >= 15 is 0 Å². The van der Waals surface area contributed by atoms with Crippen LogP contribution in [0.1, 0.15) is 90.7 Å². The average molecular weight is 1500 g/mol. The Balaban J connectivity index is 0.000000163. The standard InChI is InChI=1S/2C22H25N5O2.C19H22BrN3O2.C14H23BN2O4.CH4/c2*1-23-15-21(17-4-3-5-20(12-17)29-2)27-11-10-26(22(27)28)19-8-6-16(7-9-19)18-13-24-25-14-18;1-21-13-18(14-4-3-5-17(12-14)25-2)23-11-10-22(19(23)24)16-8-6-15(20)7-9-16;1-12(2,3)19-11(18)17-9-10(8-16-17)15-20-13(4,5)14(6,7)21-15;/h2*3-9,12-14,21,23H,10-11,15H2,1-2H3,(H,24,25);3-9,12,18,21H,10-11,13H2,1-2H3;8-9H,1-7H3;1H4. The predicted molar refractivity (Wildman–Crippen MR) is 416 cm³/mol. The number of aromatic amines is 2. The number of likely N-dealkylation sites (N-methyl/N-ethyl adjacent to an activating group) is 3. The Kier molecular flexibility index (Phi) is 26.8. The molecule has 0 bridgehead atoms. The van der Waals surface area contributed by atoms with Crippen LogP contribution in [0, 0.1) is 0 Å². The highest BCUT2D eigenvalue weighted by Gasteiger charge is 2.52. The Labute approximate surface area is 625 Å². The molecule has 27 heteroatoms. The lowest BCUT2D eigenvalue weighted by Gasteiger charge is -2.32. The van der Waals surface area contributed by atoms with Gasteiger partial charge in [0.1, 0.15) is 22.8 Å². The molecule has 4 aliphatic rings. The third-order valence-corrected chi connectivity index (χ3v) is 19.3. The van der Waals surface area contributed by atoms with Crippen LogP contribution in [0.3, 0.4) is 0 Å². The molecule has 3 aromatic heterocycles. The molecule has 105 heavy (non-hydrogen) atoms. The topological polar surface area (TPSA) is 254 Å². The summed E-state index contributed by atoms with van der Waals surface area (Å²) >= 11 is 3.43. The molecule has 4 fully saturated rings. The van der Waals surface area contributed by atoms with E-state index in [-0.39, 0.29) is 43.6 Å². The summed E-state index contributed by atoms with van der Waals surface area (Å²) in [6.07, 6.45) is 9.90. The van der Waals surface area contributed by atoms with E-state index < -0.39 is 30.0 Å². The predicted octanol–water partition coefficient (Wildman–Crippen LogP) is 12.8. The first kappa shape index (κ1) is 79.1. The average Bonchev–Trinajstić information content (AvgIpc) is 1.77. The summed E-state index contributed by atoms with van der Waals surface area (Å²) < 4.78 is 35.3. The molecule has 4 saturated heterocycles. The first-order valence-electron chi connectivity index (χ1n) is 34.6. The molecule has 3 unspecified atom stereocenters. The molecule has 0 aliphatic carbocycles. The summed E-state index contributed by atoms with van der Waals surface area (Å²) in [5, 5.41) is 27.3. The van der Waals surface area contributed by atoms with Gasteiger partial charge in [-0.05, 0) is 182 Å². The van der Waals surface area contributed by atoms with E-state index in [1.54, 1.807) is 46.1 Å². The van der Waals surface area contributed by atoms with Gasteiger partial charge < -0.3 is 58.9 Å². The van der Waals surface area contributed by atoms with Crippen LogP contribution in [-0.4, -0.2) is 194 Å². The number of carbonyl (C=O) groups excluding carboxylic acids is 4. The van der Waals surface area contributed by atoms with Crippen molar-refractivity contribution in [1.29, 1.82) is 0 Å². The number of benzene rings is 6. The minimum atomic E-state index is -0.562. The number of urea groups is 3. The Morgan fingerprint density at radius 1 is 0.533 bits per heavy atom. The van der Waals surface area contributed by atoms with Crippen molar-refractivity contribution in [2.24, 2.45) is 0 Å². The normalized spacial score (nSPS) is 16.1. The van der Waals surface area contributed by atoms with Crippen LogP contribution < -0.4 is 50.3 Å². The highest BCUT2D eigenvalue weighted by Crippen LogP contribution is 2.38. The first-order valence-corrected chi connectivity index (χ1v) is 35.4. The number of anilines is 3. The quantitative estimate of drug-likeness (QED) is 0.0419. The van der Waals surface area contributed by atoms with Crippen molar-refractivity contribution in [2.45, 2.75) is 90.8 Å². The fourth-order valence-corrected chi connectivity index (χ4v) is 12.8. The zero-order valence-electron chi connectivity index (χ0n) is 61.4. The minimum absolute atomic E-state index is 0. The van der Waals surface area contributed by atoms with Crippen molar-refractivity contribution >= 4 is 69.8 Å². The Morgan fingerprint density at radius 3 is 1.20 bits per heavy atom.